The number of methoxy groups -OCH3 is 3. The molecule has 7 unspecified atom stereocenters. The topological polar surface area (TPSA) is 145 Å². The maximum atomic E-state index is 14.2. The monoisotopic (exact) mass is 1070 g/mol. The third kappa shape index (κ3) is 22.1. The molecule has 0 fully saturated rings. The van der Waals surface area contributed by atoms with Crippen LogP contribution in [0.4, 0.5) is 0 Å². The number of Topliss-reactive ketones (excluding diaryl/α,β-unsaturated/α-hetero) is 1. The first-order chi connectivity index (χ1) is 36.1. The molecule has 0 bridgehead atoms. The zero-order chi connectivity index (χ0) is 56.4. The van der Waals surface area contributed by atoms with Gasteiger partial charge in [0.05, 0.1) is 47.3 Å². The van der Waals surface area contributed by atoms with Gasteiger partial charge >= 0.3 is 11.9 Å². The second-order valence-electron chi connectivity index (χ2n) is 22.0. The van der Waals surface area contributed by atoms with E-state index in [1.807, 2.05) is 13.0 Å². The van der Waals surface area contributed by atoms with Gasteiger partial charge in [0, 0.05) is 11.5 Å². The minimum Gasteiger partial charge on any atom is -0.497 e. The molecule has 13 heteroatoms. The van der Waals surface area contributed by atoms with E-state index >= 15 is 0 Å². The number of carbonyl (C=O) groups excluding carboxylic acids is 3. The quantitative estimate of drug-likeness (QED) is 0.0197. The standard InChI is InChI=1S/C63H94O12Si/c1-16-17-18-19-20-21-22-23-24-45(3)58(75-76(14,15)63(8,9)10)48(6)38-44(2)37-46(4)57(65)47(5)39-49(7)61(66)74-56(40-64)59(71-41-50-25-31-53(68-11)32-26-50)60(72-42-51-27-33-54(69-12)34-28-51)62(67)73-43-52-29-35-55(70-13)36-30-52/h25-39,45,47-48,56,58-60,64H,16-24,40-43H2,1-15H3/b44-38+,46-37+,49-39+. The second kappa shape index (κ2) is 33.3. The van der Waals surface area contributed by atoms with Gasteiger partial charge in [-0.05, 0) is 116 Å². The Bertz CT molecular complexity index is 2280. The number of aliphatic hydroxyl groups excluding tert-OH is 1. The predicted molar refractivity (Wildman–Crippen MR) is 306 cm³/mol. The average Bonchev–Trinajstić information content (AvgIpc) is 3.40. The smallest absolute Gasteiger partial charge is 0.338 e. The molecule has 0 heterocycles. The zero-order valence-corrected chi connectivity index (χ0v) is 49.8. The summed E-state index contributed by atoms with van der Waals surface area (Å²) in [5, 5.41) is 11.0. The molecule has 0 saturated heterocycles. The number of benzene rings is 3. The molecule has 422 valence electrons. The number of aliphatic hydroxyl groups is 1. The molecule has 0 aliphatic carbocycles. The molecule has 3 aromatic rings. The van der Waals surface area contributed by atoms with E-state index < -0.39 is 51.1 Å². The predicted octanol–water partition coefficient (Wildman–Crippen LogP) is 14.1. The van der Waals surface area contributed by atoms with Crippen LogP contribution >= 0.6 is 0 Å². The van der Waals surface area contributed by atoms with Crippen molar-refractivity contribution < 1.29 is 57.1 Å². The highest BCUT2D eigenvalue weighted by atomic mass is 28.4. The minimum atomic E-state index is -2.10. The number of hydrogen-bond donors (Lipinski definition) is 1. The van der Waals surface area contributed by atoms with E-state index in [2.05, 4.69) is 60.7 Å². The summed E-state index contributed by atoms with van der Waals surface area (Å²) in [6.07, 6.45) is 12.8. The second-order valence-corrected chi connectivity index (χ2v) is 26.7. The molecular formula is C63H94O12Si. The number of ketones is 1. The Hall–Kier alpha value is -5.05. The average molecular weight is 1070 g/mol. The van der Waals surface area contributed by atoms with Gasteiger partial charge in [0.15, 0.2) is 26.3 Å². The van der Waals surface area contributed by atoms with Gasteiger partial charge in [-0.3, -0.25) is 4.79 Å². The van der Waals surface area contributed by atoms with Crippen molar-refractivity contribution in [2.24, 2.45) is 17.8 Å². The Balaban J connectivity index is 1.88. The third-order valence-electron chi connectivity index (χ3n) is 14.5. The van der Waals surface area contributed by atoms with Crippen LogP contribution in [0.2, 0.25) is 18.1 Å². The van der Waals surface area contributed by atoms with Crippen LogP contribution in [0.15, 0.2) is 108 Å². The normalized spacial score (nSPS) is 15.4. The molecule has 0 aliphatic rings. The number of unbranched alkanes of at least 4 members (excludes halogenated alkanes) is 7. The molecule has 3 aromatic carbocycles. The van der Waals surface area contributed by atoms with Crippen molar-refractivity contribution in [1.82, 2.24) is 0 Å². The molecule has 76 heavy (non-hydrogen) atoms. The van der Waals surface area contributed by atoms with Crippen molar-refractivity contribution in [2.45, 2.75) is 189 Å². The minimum absolute atomic E-state index is 0.0378. The Labute approximate surface area is 458 Å². The Morgan fingerprint density at radius 2 is 1.11 bits per heavy atom. The largest absolute Gasteiger partial charge is 0.497 e. The van der Waals surface area contributed by atoms with E-state index in [9.17, 15) is 19.5 Å². The summed E-state index contributed by atoms with van der Waals surface area (Å²) < 4.78 is 47.7. The van der Waals surface area contributed by atoms with Crippen LogP contribution in [0, 0.1) is 17.8 Å². The van der Waals surface area contributed by atoms with Gasteiger partial charge in [-0.25, -0.2) is 9.59 Å². The summed E-state index contributed by atoms with van der Waals surface area (Å²) in [4.78, 5) is 42.2. The summed E-state index contributed by atoms with van der Waals surface area (Å²) in [6, 6.07) is 21.3. The van der Waals surface area contributed by atoms with E-state index in [0.29, 0.717) is 45.4 Å². The van der Waals surface area contributed by atoms with Crippen molar-refractivity contribution in [3.05, 3.63) is 124 Å². The number of allylic oxidation sites excluding steroid dienone is 4. The molecule has 1 N–H and O–H groups in total. The van der Waals surface area contributed by atoms with Crippen LogP contribution in [-0.2, 0) is 57.6 Å². The molecule has 7 atom stereocenters. The molecule has 0 saturated carbocycles. The van der Waals surface area contributed by atoms with E-state index in [1.165, 1.54) is 51.4 Å². The van der Waals surface area contributed by atoms with Crippen molar-refractivity contribution >= 4 is 26.0 Å². The first kappa shape index (κ1) is 65.2. The highest BCUT2D eigenvalue weighted by Crippen LogP contribution is 2.40. The summed E-state index contributed by atoms with van der Waals surface area (Å²) >= 11 is 0. The number of carbonyl (C=O) groups is 3. The van der Waals surface area contributed by atoms with Crippen LogP contribution in [0.25, 0.3) is 0 Å². The third-order valence-corrected chi connectivity index (χ3v) is 19.0. The molecule has 0 aromatic heterocycles. The van der Waals surface area contributed by atoms with Crippen molar-refractivity contribution in [1.29, 1.82) is 0 Å². The highest BCUT2D eigenvalue weighted by molar-refractivity contribution is 6.74. The van der Waals surface area contributed by atoms with E-state index in [-0.39, 0.29) is 48.2 Å². The highest BCUT2D eigenvalue weighted by Gasteiger charge is 2.42. The van der Waals surface area contributed by atoms with Crippen LogP contribution in [0.1, 0.15) is 144 Å². The van der Waals surface area contributed by atoms with Gasteiger partial charge in [-0.2, -0.15) is 0 Å². The van der Waals surface area contributed by atoms with Gasteiger partial charge in [-0.15, -0.1) is 0 Å². The maximum absolute atomic E-state index is 14.2. The van der Waals surface area contributed by atoms with Crippen LogP contribution < -0.4 is 14.2 Å². The molecule has 0 amide bonds. The van der Waals surface area contributed by atoms with Gasteiger partial charge in [0.1, 0.15) is 30.0 Å². The Kier molecular flexibility index (Phi) is 28.6. The first-order valence-corrected chi connectivity index (χ1v) is 30.4. The van der Waals surface area contributed by atoms with Gasteiger partial charge in [0.2, 0.25) is 0 Å². The van der Waals surface area contributed by atoms with Gasteiger partial charge < -0.3 is 42.7 Å². The fourth-order valence-corrected chi connectivity index (χ4v) is 10.3. The van der Waals surface area contributed by atoms with Gasteiger partial charge in [0.25, 0.3) is 0 Å². The number of esters is 2. The summed E-state index contributed by atoms with van der Waals surface area (Å²) in [5.74, 6) is -0.0750. The van der Waals surface area contributed by atoms with E-state index in [0.717, 1.165) is 12.0 Å². The molecule has 0 aliphatic heterocycles. The summed E-state index contributed by atoms with van der Waals surface area (Å²) in [6.45, 7) is 24.4. The molecule has 3 rings (SSSR count). The maximum Gasteiger partial charge on any atom is 0.338 e. The fourth-order valence-electron chi connectivity index (χ4n) is 8.78. The summed E-state index contributed by atoms with van der Waals surface area (Å²) in [7, 11) is 2.60. The molecule has 0 radical (unpaired) electrons. The van der Waals surface area contributed by atoms with Crippen LogP contribution in [-0.4, -0.2) is 83.5 Å². The van der Waals surface area contributed by atoms with Crippen LogP contribution in [0.5, 0.6) is 17.2 Å². The fraction of sp³-hybridized carbons (Fsp3) is 0.571. The lowest BCUT2D eigenvalue weighted by Gasteiger charge is -2.42. The van der Waals surface area contributed by atoms with Gasteiger partial charge in [-0.1, -0.05) is 160 Å². The van der Waals surface area contributed by atoms with Crippen molar-refractivity contribution in [3.63, 3.8) is 0 Å². The number of rotatable bonds is 35. The summed E-state index contributed by atoms with van der Waals surface area (Å²) in [5.41, 5.74) is 3.76. The molecule has 0 spiro atoms. The first-order valence-electron chi connectivity index (χ1n) is 27.4. The Morgan fingerprint density at radius 1 is 0.632 bits per heavy atom. The zero-order valence-electron chi connectivity index (χ0n) is 48.8. The van der Waals surface area contributed by atoms with Crippen LogP contribution in [0.3, 0.4) is 0 Å². The van der Waals surface area contributed by atoms with Crippen molar-refractivity contribution in [3.8, 4) is 17.2 Å². The Morgan fingerprint density at radius 3 is 1.58 bits per heavy atom. The lowest BCUT2D eigenvalue weighted by molar-refractivity contribution is -0.192. The number of ether oxygens (including phenoxy) is 7. The van der Waals surface area contributed by atoms with Crippen molar-refractivity contribution in [2.75, 3.05) is 27.9 Å². The SMILES string of the molecule is CCCCCCCCCCC(C)C(O[Si](C)(C)C(C)(C)C)C(C)/C=C(C)/C=C(\C)C(=O)C(C)/C=C(\C)C(=O)OC(CO)C(OCc1ccc(OC)cc1)C(OCc1ccc(OC)cc1)C(=O)OCc1ccc(OC)cc1. The lowest BCUT2D eigenvalue weighted by Crippen LogP contribution is -2.49. The van der Waals surface area contributed by atoms with E-state index in [4.69, 9.17) is 37.6 Å². The van der Waals surface area contributed by atoms with E-state index in [1.54, 1.807) is 121 Å². The lowest BCUT2D eigenvalue weighted by atomic mass is 9.88. The molecular weight excluding hydrogens is 977 g/mol. The molecule has 12 nitrogen and oxygen atoms in total. The number of hydrogen-bond acceptors (Lipinski definition) is 12.